The molecule has 1 saturated heterocycles. The molecule has 2 aliphatic carbocycles. The number of hydrogen-bond donors (Lipinski definition) is 9. The molecule has 2 aromatic rings. The van der Waals surface area contributed by atoms with Crippen molar-refractivity contribution in [2.75, 3.05) is 36.9 Å². The van der Waals surface area contributed by atoms with E-state index in [1.165, 1.54) is 0 Å². The molecule has 0 radical (unpaired) electrons. The standard InChI is InChI=1S/C22H31N3O6.C13H20N4O3.C12H15NO6/c1-2-31-20(29)22(10-4-11-22)18(27)13-16(5-3-12-24-21(23)30)19(28)25-17-8-6-15(14-26)7-9-17;14-11(2-1-7-16-13(15)20)12(19)17-10-5-3-9(8-18)4-6-10;1-2-18-10(16)12(6-3-7-12)11(17)19-13-8(14)4-5-9(13)15/h6-9,16,26H,2-5,10-14H2,1H3,(H,25,28)(H3,23,24,30);3-6,11,18H,1-2,7-8,14H2,(H,17,19)(H3,15,16,20);2-7H2,1H3/t16-;11-;/m10./s1. The summed E-state index contributed by atoms with van der Waals surface area (Å²) in [4.78, 5) is 123. The summed E-state index contributed by atoms with van der Waals surface area (Å²) in [7, 11) is 0. The van der Waals surface area contributed by atoms with Gasteiger partial charge in [0, 0.05) is 49.6 Å². The van der Waals surface area contributed by atoms with E-state index < -0.39 is 64.6 Å². The maximum absolute atomic E-state index is 13.1. The number of aliphatic hydroxyl groups is 2. The van der Waals surface area contributed by atoms with Crippen molar-refractivity contribution in [2.24, 2.45) is 33.9 Å². The van der Waals surface area contributed by atoms with Crippen LogP contribution in [0.15, 0.2) is 48.5 Å². The molecule has 23 nitrogen and oxygen atoms in total. The highest BCUT2D eigenvalue weighted by atomic mass is 16.7. The van der Waals surface area contributed by atoms with E-state index in [-0.39, 0.29) is 69.8 Å². The maximum atomic E-state index is 13.1. The molecule has 5 rings (SSSR count). The number of urea groups is 2. The summed E-state index contributed by atoms with van der Waals surface area (Å²) in [5.41, 5.74) is 15.9. The second-order valence-corrected chi connectivity index (χ2v) is 16.8. The Morgan fingerprint density at radius 2 is 1.07 bits per heavy atom. The SMILES string of the molecule is CCOC(=O)C1(C(=O)C[C@@H](CCCNC(N)=O)C(=O)Nc2ccc(CO)cc2)CCC1.CCOC(=O)C1(C(=O)ON2C(=O)CCC2=O)CCC1.NC(=O)NCCC[C@H](N)C(=O)Nc1ccc(CO)cc1. The van der Waals surface area contributed by atoms with Gasteiger partial charge >= 0.3 is 30.0 Å². The molecule has 2 aromatic carbocycles. The summed E-state index contributed by atoms with van der Waals surface area (Å²) in [6.07, 6.45) is 4.75. The third-order valence-electron chi connectivity index (χ3n) is 11.8. The van der Waals surface area contributed by atoms with E-state index >= 15 is 0 Å². The van der Waals surface area contributed by atoms with Crippen LogP contribution in [0.3, 0.4) is 0 Å². The van der Waals surface area contributed by atoms with Crippen LogP contribution in [0.5, 0.6) is 0 Å². The summed E-state index contributed by atoms with van der Waals surface area (Å²) in [6, 6.07) is 11.7. The molecular weight excluding hydrogens is 917 g/mol. The van der Waals surface area contributed by atoms with E-state index in [1.54, 1.807) is 62.4 Å². The number of aliphatic hydroxyl groups excluding tert-OH is 2. The Balaban J connectivity index is 0.000000290. The summed E-state index contributed by atoms with van der Waals surface area (Å²) in [5.74, 6) is -4.74. The minimum Gasteiger partial charge on any atom is -0.465 e. The van der Waals surface area contributed by atoms with Crippen molar-refractivity contribution in [1.29, 1.82) is 0 Å². The smallest absolute Gasteiger partial charge is 0.350 e. The van der Waals surface area contributed by atoms with Gasteiger partial charge in [0.05, 0.1) is 32.5 Å². The first-order chi connectivity index (χ1) is 33.4. The predicted octanol–water partition coefficient (Wildman–Crippen LogP) is 2.09. The second kappa shape index (κ2) is 28.5. The predicted molar refractivity (Wildman–Crippen MR) is 250 cm³/mol. The summed E-state index contributed by atoms with van der Waals surface area (Å²) in [5, 5.41) is 28.9. The number of benzene rings is 2. The minimum atomic E-state index is -1.35. The second-order valence-electron chi connectivity index (χ2n) is 16.8. The van der Waals surface area contributed by atoms with Gasteiger partial charge in [-0.15, -0.1) is 5.06 Å². The lowest BCUT2D eigenvalue weighted by Gasteiger charge is -2.38. The molecule has 0 bridgehead atoms. The number of carbonyl (C=O) groups excluding carboxylic acids is 10. The van der Waals surface area contributed by atoms with Crippen molar-refractivity contribution < 1.29 is 72.5 Å². The van der Waals surface area contributed by atoms with Gasteiger partial charge in [0.1, 0.15) is 5.41 Å². The summed E-state index contributed by atoms with van der Waals surface area (Å²) >= 11 is 0. The zero-order valence-corrected chi connectivity index (χ0v) is 39.6. The van der Waals surface area contributed by atoms with Gasteiger partial charge in [-0.2, -0.15) is 0 Å². The Bertz CT molecular complexity index is 2130. The Kier molecular flexibility index (Phi) is 23.3. The first-order valence-electron chi connectivity index (χ1n) is 23.2. The maximum Gasteiger partial charge on any atom is 0.350 e. The molecule has 2 saturated carbocycles. The number of hydrogen-bond acceptors (Lipinski definition) is 16. The molecule has 0 spiro atoms. The third kappa shape index (κ3) is 16.9. The van der Waals surface area contributed by atoms with Crippen molar-refractivity contribution >= 4 is 70.8 Å². The van der Waals surface area contributed by atoms with E-state index in [9.17, 15) is 47.9 Å². The van der Waals surface area contributed by atoms with E-state index in [4.69, 9.17) is 41.7 Å². The number of carbonyl (C=O) groups is 10. The van der Waals surface area contributed by atoms with Crippen molar-refractivity contribution in [3.63, 3.8) is 0 Å². The van der Waals surface area contributed by atoms with E-state index in [0.717, 1.165) is 12.0 Å². The number of nitrogens with two attached hydrogens (primary N) is 3. The van der Waals surface area contributed by atoms with Crippen LogP contribution in [0.4, 0.5) is 21.0 Å². The Labute approximate surface area is 405 Å². The Morgan fingerprint density at radius 3 is 1.47 bits per heavy atom. The number of rotatable bonds is 23. The molecule has 12 N–H and O–H groups in total. The first kappa shape index (κ1) is 57.3. The van der Waals surface area contributed by atoms with Crippen molar-refractivity contribution in [3.8, 4) is 0 Å². The fraction of sp³-hybridized carbons (Fsp3) is 0.532. The third-order valence-corrected chi connectivity index (χ3v) is 11.8. The molecule has 3 aliphatic rings. The Hall–Kier alpha value is -6.98. The van der Waals surface area contributed by atoms with E-state index in [1.807, 2.05) is 0 Å². The highest BCUT2D eigenvalue weighted by Crippen LogP contribution is 2.45. The lowest BCUT2D eigenvalue weighted by Crippen LogP contribution is -2.50. The molecule has 1 aliphatic heterocycles. The van der Waals surface area contributed by atoms with Crippen LogP contribution in [-0.4, -0.2) is 107 Å². The van der Waals surface area contributed by atoms with Crippen LogP contribution < -0.4 is 38.5 Å². The van der Waals surface area contributed by atoms with Crippen molar-refractivity contribution in [3.05, 3.63) is 59.7 Å². The molecule has 1 heterocycles. The quantitative estimate of drug-likeness (QED) is 0.0333. The lowest BCUT2D eigenvalue weighted by molar-refractivity contribution is -0.212. The zero-order valence-electron chi connectivity index (χ0n) is 39.6. The van der Waals surface area contributed by atoms with Crippen LogP contribution in [0.2, 0.25) is 0 Å². The van der Waals surface area contributed by atoms with Gasteiger partial charge in [-0.3, -0.25) is 33.6 Å². The molecule has 8 amide bonds. The molecule has 2 atom stereocenters. The number of anilines is 2. The van der Waals surface area contributed by atoms with Gasteiger partial charge < -0.3 is 63.0 Å². The van der Waals surface area contributed by atoms with E-state index in [2.05, 4.69) is 21.3 Å². The Morgan fingerprint density at radius 1 is 0.643 bits per heavy atom. The van der Waals surface area contributed by atoms with Crippen LogP contribution in [-0.2, 0) is 65.9 Å². The molecule has 384 valence electrons. The van der Waals surface area contributed by atoms with Crippen LogP contribution in [0, 0.1) is 16.7 Å². The summed E-state index contributed by atoms with van der Waals surface area (Å²) < 4.78 is 9.97. The average Bonchev–Trinajstić information content (AvgIpc) is 3.61. The highest BCUT2D eigenvalue weighted by Gasteiger charge is 2.55. The van der Waals surface area contributed by atoms with Gasteiger partial charge in [-0.05, 0) is 107 Å². The number of nitrogens with one attached hydrogen (secondary N) is 4. The zero-order chi connectivity index (χ0) is 51.9. The molecule has 0 aromatic heterocycles. The van der Waals surface area contributed by atoms with Crippen molar-refractivity contribution in [2.45, 2.75) is 117 Å². The average molecular weight is 983 g/mol. The number of esters is 2. The monoisotopic (exact) mass is 982 g/mol. The number of amides is 8. The number of hydroxylamine groups is 2. The number of ether oxygens (including phenoxy) is 2. The molecule has 23 heteroatoms. The number of ketones is 1. The van der Waals surface area contributed by atoms with Gasteiger partial charge in [-0.1, -0.05) is 30.7 Å². The van der Waals surface area contributed by atoms with Crippen LogP contribution in [0.25, 0.3) is 0 Å². The van der Waals surface area contributed by atoms with Crippen LogP contribution in [0.1, 0.15) is 108 Å². The van der Waals surface area contributed by atoms with Gasteiger partial charge in [0.25, 0.3) is 11.8 Å². The number of primary amides is 2. The summed E-state index contributed by atoms with van der Waals surface area (Å²) in [6.45, 7) is 4.22. The molecular formula is C47H66N8O15. The van der Waals surface area contributed by atoms with E-state index in [0.29, 0.717) is 86.3 Å². The fourth-order valence-electron chi connectivity index (χ4n) is 7.35. The number of imide groups is 1. The van der Waals surface area contributed by atoms with Gasteiger partial charge in [0.2, 0.25) is 11.8 Å². The molecule has 3 fully saturated rings. The molecule has 0 unspecified atom stereocenters. The van der Waals surface area contributed by atoms with Crippen LogP contribution >= 0.6 is 0 Å². The number of nitrogens with zero attached hydrogens (tertiary/aromatic N) is 1. The first-order valence-corrected chi connectivity index (χ1v) is 23.2. The topological polar surface area (TPSA) is 368 Å². The van der Waals surface area contributed by atoms with Crippen molar-refractivity contribution in [1.82, 2.24) is 15.7 Å². The largest absolute Gasteiger partial charge is 0.465 e. The van der Waals surface area contributed by atoms with Gasteiger partial charge in [-0.25, -0.2) is 14.4 Å². The fourth-order valence-corrected chi connectivity index (χ4v) is 7.35. The lowest BCUT2D eigenvalue weighted by atomic mass is 9.64. The molecule has 70 heavy (non-hydrogen) atoms. The van der Waals surface area contributed by atoms with Gasteiger partial charge in [0.15, 0.2) is 11.2 Å². The minimum absolute atomic E-state index is 0.0263. The normalized spacial score (nSPS) is 15.8. The number of Topliss-reactive ketones (excluding diaryl/α,β-unsaturated/α-hetero) is 1. The highest BCUT2D eigenvalue weighted by molar-refractivity contribution is 6.07.